The maximum atomic E-state index is 5.41. The topological polar surface area (TPSA) is 47.7 Å². The molecule has 0 aliphatic rings. The molecule has 236 valence electrons. The summed E-state index contributed by atoms with van der Waals surface area (Å²) in [6, 6.07) is 47.7. The average Bonchev–Trinajstić information content (AvgIpc) is 3.64. The Labute approximate surface area is 287 Å². The number of hydrogen-bond donors (Lipinski definition) is 1. The number of anilines is 1. The molecule has 6 heteroatoms. The number of nitrogens with one attached hydrogen (secondary N) is 1. The van der Waals surface area contributed by atoms with Crippen LogP contribution >= 0.6 is 9.39 Å². The molecular weight excluding hydrogens is 617 g/mol. The fourth-order valence-electron chi connectivity index (χ4n) is 7.52. The SMILES string of the molecule is Cc1cc(C)cc(-c2cc(-c3cc(C)cc(NP)c3)nc(-n3c4ccccc4c4ccc5c6ccccc6n(-c6ccccc6)c5c43)n2)c1. The van der Waals surface area contributed by atoms with E-state index in [0.717, 1.165) is 72.3 Å². The van der Waals surface area contributed by atoms with Gasteiger partial charge in [0.15, 0.2) is 0 Å². The zero-order valence-electron chi connectivity index (χ0n) is 27.6. The van der Waals surface area contributed by atoms with Gasteiger partial charge in [-0.25, -0.2) is 9.97 Å². The molecule has 0 saturated carbocycles. The van der Waals surface area contributed by atoms with E-state index in [2.05, 4.69) is 178 Å². The Balaban J connectivity index is 1.46. The Morgan fingerprint density at radius 2 is 1.00 bits per heavy atom. The number of aromatic nitrogens is 4. The average molecular weight is 652 g/mol. The van der Waals surface area contributed by atoms with Crippen LogP contribution in [0.1, 0.15) is 16.7 Å². The zero-order chi connectivity index (χ0) is 33.2. The lowest BCUT2D eigenvalue weighted by Crippen LogP contribution is -2.05. The molecule has 5 nitrogen and oxygen atoms in total. The Morgan fingerprint density at radius 1 is 0.490 bits per heavy atom. The van der Waals surface area contributed by atoms with Crippen molar-refractivity contribution in [3.05, 3.63) is 150 Å². The Kier molecular flexibility index (Phi) is 6.86. The first kappa shape index (κ1) is 29.4. The number of fused-ring (bicyclic) bond motifs is 7. The highest BCUT2D eigenvalue weighted by Crippen LogP contribution is 2.41. The summed E-state index contributed by atoms with van der Waals surface area (Å²) in [6.07, 6.45) is 0. The van der Waals surface area contributed by atoms with Crippen LogP contribution in [0.4, 0.5) is 5.69 Å². The van der Waals surface area contributed by atoms with Crippen LogP contribution in [0.3, 0.4) is 0 Å². The van der Waals surface area contributed by atoms with Crippen molar-refractivity contribution in [3.63, 3.8) is 0 Å². The summed E-state index contributed by atoms with van der Waals surface area (Å²) in [5.41, 5.74) is 14.0. The quantitative estimate of drug-likeness (QED) is 0.188. The van der Waals surface area contributed by atoms with E-state index < -0.39 is 0 Å². The third kappa shape index (κ3) is 4.81. The van der Waals surface area contributed by atoms with Gasteiger partial charge in [-0.2, -0.15) is 0 Å². The molecular formula is C43H34N5P. The Morgan fingerprint density at radius 3 is 1.61 bits per heavy atom. The van der Waals surface area contributed by atoms with Crippen LogP contribution in [0.25, 0.3) is 77.8 Å². The van der Waals surface area contributed by atoms with Gasteiger partial charge in [-0.1, -0.05) is 83.9 Å². The van der Waals surface area contributed by atoms with Gasteiger partial charge in [0, 0.05) is 44.0 Å². The normalized spacial score (nSPS) is 11.7. The lowest BCUT2D eigenvalue weighted by atomic mass is 10.0. The molecule has 1 N–H and O–H groups in total. The predicted octanol–water partition coefficient (Wildman–Crippen LogP) is 11.1. The van der Waals surface area contributed by atoms with E-state index in [1.165, 1.54) is 21.9 Å². The van der Waals surface area contributed by atoms with Crippen LogP contribution in [-0.4, -0.2) is 19.1 Å². The lowest BCUT2D eigenvalue weighted by Gasteiger charge is -2.15. The van der Waals surface area contributed by atoms with Gasteiger partial charge in [0.05, 0.1) is 33.5 Å². The van der Waals surface area contributed by atoms with Gasteiger partial charge in [-0.15, -0.1) is 0 Å². The van der Waals surface area contributed by atoms with Gasteiger partial charge < -0.3 is 9.65 Å². The highest BCUT2D eigenvalue weighted by atomic mass is 31.0. The second-order valence-electron chi connectivity index (χ2n) is 12.9. The van der Waals surface area contributed by atoms with E-state index in [0.29, 0.717) is 5.95 Å². The van der Waals surface area contributed by atoms with Gasteiger partial charge in [0.1, 0.15) is 0 Å². The maximum Gasteiger partial charge on any atom is 0.235 e. The third-order valence-electron chi connectivity index (χ3n) is 9.45. The fraction of sp³-hybridized carbons (Fsp3) is 0.0698. The van der Waals surface area contributed by atoms with E-state index in [1.54, 1.807) is 0 Å². The predicted molar refractivity (Wildman–Crippen MR) is 209 cm³/mol. The van der Waals surface area contributed by atoms with E-state index in [1.807, 2.05) is 0 Å². The van der Waals surface area contributed by atoms with Crippen LogP contribution in [-0.2, 0) is 0 Å². The van der Waals surface area contributed by atoms with Crippen molar-refractivity contribution in [1.29, 1.82) is 0 Å². The van der Waals surface area contributed by atoms with E-state index in [4.69, 9.17) is 9.97 Å². The molecule has 6 aromatic carbocycles. The molecule has 0 aliphatic carbocycles. The summed E-state index contributed by atoms with van der Waals surface area (Å²) >= 11 is 0. The van der Waals surface area contributed by atoms with Crippen molar-refractivity contribution in [2.75, 3.05) is 5.09 Å². The summed E-state index contributed by atoms with van der Waals surface area (Å²) in [6.45, 7) is 6.40. The summed E-state index contributed by atoms with van der Waals surface area (Å²) in [7, 11) is 2.62. The molecule has 3 aromatic heterocycles. The zero-order valence-corrected chi connectivity index (χ0v) is 28.7. The van der Waals surface area contributed by atoms with E-state index in [9.17, 15) is 0 Å². The molecule has 9 rings (SSSR count). The fourth-order valence-corrected chi connectivity index (χ4v) is 7.69. The smallest absolute Gasteiger partial charge is 0.235 e. The highest BCUT2D eigenvalue weighted by molar-refractivity contribution is 7.18. The molecule has 0 saturated heterocycles. The summed E-state index contributed by atoms with van der Waals surface area (Å²) < 4.78 is 4.68. The van der Waals surface area contributed by atoms with Crippen molar-refractivity contribution in [2.45, 2.75) is 20.8 Å². The van der Waals surface area contributed by atoms with Gasteiger partial charge in [0.25, 0.3) is 0 Å². The third-order valence-corrected chi connectivity index (χ3v) is 9.79. The number of benzene rings is 6. The number of hydrogen-bond acceptors (Lipinski definition) is 3. The molecule has 49 heavy (non-hydrogen) atoms. The Hall–Kier alpha value is -5.77. The van der Waals surface area contributed by atoms with Crippen LogP contribution in [0.2, 0.25) is 0 Å². The minimum Gasteiger partial charge on any atom is -0.369 e. The van der Waals surface area contributed by atoms with Gasteiger partial charge >= 0.3 is 0 Å². The minimum atomic E-state index is 0.636. The lowest BCUT2D eigenvalue weighted by molar-refractivity contribution is 0.994. The summed E-state index contributed by atoms with van der Waals surface area (Å²) in [5, 5.41) is 7.98. The monoisotopic (exact) mass is 651 g/mol. The molecule has 0 radical (unpaired) electrons. The molecule has 1 unspecified atom stereocenters. The first-order chi connectivity index (χ1) is 24.0. The van der Waals surface area contributed by atoms with Crippen molar-refractivity contribution < 1.29 is 0 Å². The van der Waals surface area contributed by atoms with Gasteiger partial charge in [0.2, 0.25) is 5.95 Å². The van der Waals surface area contributed by atoms with Gasteiger partial charge in [-0.3, -0.25) is 4.57 Å². The van der Waals surface area contributed by atoms with Gasteiger partial charge in [-0.05, 0) is 96.4 Å². The second-order valence-corrected chi connectivity index (χ2v) is 13.2. The molecule has 0 spiro atoms. The number of para-hydroxylation sites is 3. The Bertz CT molecular complexity index is 2720. The summed E-state index contributed by atoms with van der Waals surface area (Å²) in [5.74, 6) is 0.636. The largest absolute Gasteiger partial charge is 0.369 e. The molecule has 3 heterocycles. The number of nitrogens with zero attached hydrogens (tertiary/aromatic N) is 4. The highest BCUT2D eigenvalue weighted by Gasteiger charge is 2.23. The molecule has 0 amide bonds. The molecule has 0 aliphatic heterocycles. The van der Waals surface area contributed by atoms with Crippen LogP contribution in [0, 0.1) is 20.8 Å². The molecule has 9 aromatic rings. The number of rotatable bonds is 5. The van der Waals surface area contributed by atoms with E-state index >= 15 is 0 Å². The molecule has 0 bridgehead atoms. The summed E-state index contributed by atoms with van der Waals surface area (Å²) in [4.78, 5) is 10.8. The van der Waals surface area contributed by atoms with Crippen molar-refractivity contribution in [2.24, 2.45) is 0 Å². The standard InChI is InChI=1S/C43H34N5P/c1-26-19-27(2)21-29(20-26)37-25-38(30-22-28(3)23-31(24-30)46-49)45-43(44-37)48-40-16-10-8-14-34(40)36-18-17-35-33-13-7-9-15-39(33)47(41(35)42(36)48)32-11-5-4-6-12-32/h4-25,46H,49H2,1-3H3. The minimum absolute atomic E-state index is 0.636. The van der Waals surface area contributed by atoms with Crippen LogP contribution in [0.5, 0.6) is 0 Å². The van der Waals surface area contributed by atoms with Crippen molar-refractivity contribution >= 4 is 58.7 Å². The molecule has 1 atom stereocenters. The van der Waals surface area contributed by atoms with Crippen LogP contribution in [0.15, 0.2) is 133 Å². The van der Waals surface area contributed by atoms with Crippen LogP contribution < -0.4 is 5.09 Å². The van der Waals surface area contributed by atoms with Crippen molar-refractivity contribution in [1.82, 2.24) is 19.1 Å². The van der Waals surface area contributed by atoms with E-state index in [-0.39, 0.29) is 0 Å². The maximum absolute atomic E-state index is 5.41. The number of aryl methyl sites for hydroxylation is 3. The first-order valence-corrected chi connectivity index (χ1v) is 17.1. The van der Waals surface area contributed by atoms with Crippen molar-refractivity contribution in [3.8, 4) is 34.2 Å². The second kappa shape index (κ2) is 11.4. The first-order valence-electron chi connectivity index (χ1n) is 16.5. The molecule has 0 fully saturated rings.